The smallest absolute Gasteiger partial charge is 0.145 e. The minimum Gasteiger partial charge on any atom is -0.457 e. The van der Waals surface area contributed by atoms with Gasteiger partial charge in [0, 0.05) is 47.5 Å². The lowest BCUT2D eigenvalue weighted by molar-refractivity contribution is 0.483. The predicted octanol–water partition coefficient (Wildman–Crippen LogP) is 8.64. The molecule has 0 amide bonds. The van der Waals surface area contributed by atoms with Gasteiger partial charge in [-0.05, 0) is 60.7 Å². The summed E-state index contributed by atoms with van der Waals surface area (Å²) in [6.45, 7) is 0. The first-order chi connectivity index (χ1) is 19.2. The fourth-order valence-electron chi connectivity index (χ4n) is 4.91. The Morgan fingerprint density at radius 3 is 2.36 bits per heavy atom. The van der Waals surface area contributed by atoms with Crippen LogP contribution in [0.3, 0.4) is 0 Å². The van der Waals surface area contributed by atoms with Crippen LogP contribution in [0.15, 0.2) is 132 Å². The van der Waals surface area contributed by atoms with Gasteiger partial charge in [-0.1, -0.05) is 48.5 Å². The highest BCUT2D eigenvalue weighted by molar-refractivity contribution is 6.10. The van der Waals surface area contributed by atoms with Gasteiger partial charge in [0.15, 0.2) is 0 Å². The molecule has 188 valence electrons. The Balaban J connectivity index is 1.33. The molecular weight excluding hydrogens is 484 g/mol. The van der Waals surface area contributed by atoms with Crippen LogP contribution in [0.4, 0.5) is 17.2 Å². The van der Waals surface area contributed by atoms with Crippen molar-refractivity contribution in [3.05, 3.63) is 128 Å². The molecule has 0 fully saturated rings. The van der Waals surface area contributed by atoms with Crippen molar-refractivity contribution in [2.75, 3.05) is 4.90 Å². The number of aryl methyl sites for hydroxylation is 1. The number of para-hydroxylation sites is 2. The van der Waals surface area contributed by atoms with Gasteiger partial charge in [-0.3, -0.25) is 9.58 Å². The average molecular weight is 509 g/mol. The number of fused-ring (bicyclic) bond motifs is 3. The number of nitrogens with zero attached hydrogens (tertiary/aromatic N) is 4. The minimum absolute atomic E-state index is 0.705. The number of aromatic nitrogens is 3. The molecule has 6 heteroatoms. The molecule has 4 aromatic carbocycles. The Morgan fingerprint density at radius 1 is 0.718 bits per heavy atom. The molecular formula is C33H24N4O2. The van der Waals surface area contributed by atoms with E-state index in [1.165, 1.54) is 0 Å². The van der Waals surface area contributed by atoms with Gasteiger partial charge in [0.2, 0.25) is 0 Å². The van der Waals surface area contributed by atoms with Gasteiger partial charge in [0.05, 0.1) is 11.4 Å². The lowest BCUT2D eigenvalue weighted by atomic mass is 10.1. The summed E-state index contributed by atoms with van der Waals surface area (Å²) in [5.41, 5.74) is 5.29. The Morgan fingerprint density at radius 2 is 1.54 bits per heavy atom. The van der Waals surface area contributed by atoms with Crippen molar-refractivity contribution in [3.8, 4) is 22.8 Å². The largest absolute Gasteiger partial charge is 0.457 e. The normalized spacial score (nSPS) is 11.2. The molecule has 0 aliphatic carbocycles. The number of hydrogen-bond acceptors (Lipinski definition) is 5. The SMILES string of the molecule is Cn1ccc(-c2cc(Oc3cccc(N(c4ccccc4)c4ccccn4)c3)cc3c2oc2ccccc23)n1. The molecule has 7 rings (SSSR count). The average Bonchev–Trinajstić information content (AvgIpc) is 3.58. The summed E-state index contributed by atoms with van der Waals surface area (Å²) in [6.07, 6.45) is 3.73. The second-order valence-corrected chi connectivity index (χ2v) is 9.28. The van der Waals surface area contributed by atoms with Crippen LogP contribution in [0.25, 0.3) is 33.2 Å². The van der Waals surface area contributed by atoms with Gasteiger partial charge in [-0.2, -0.15) is 5.10 Å². The second-order valence-electron chi connectivity index (χ2n) is 9.28. The van der Waals surface area contributed by atoms with E-state index in [0.717, 1.165) is 50.4 Å². The molecule has 0 aliphatic rings. The summed E-state index contributed by atoms with van der Waals surface area (Å²) in [7, 11) is 1.91. The summed E-state index contributed by atoms with van der Waals surface area (Å²) >= 11 is 0. The van der Waals surface area contributed by atoms with E-state index in [1.54, 1.807) is 10.9 Å². The number of hydrogen-bond donors (Lipinski definition) is 0. The topological polar surface area (TPSA) is 56.3 Å². The molecule has 0 spiro atoms. The van der Waals surface area contributed by atoms with Gasteiger partial charge in [0.1, 0.15) is 28.5 Å². The highest BCUT2D eigenvalue weighted by Gasteiger charge is 2.18. The van der Waals surface area contributed by atoms with Crippen molar-refractivity contribution in [1.82, 2.24) is 14.8 Å². The van der Waals surface area contributed by atoms with Gasteiger partial charge < -0.3 is 9.15 Å². The van der Waals surface area contributed by atoms with Crippen LogP contribution in [0.1, 0.15) is 0 Å². The Labute approximate surface area is 225 Å². The molecule has 0 saturated carbocycles. The number of ether oxygens (including phenoxy) is 1. The molecule has 0 unspecified atom stereocenters. The van der Waals surface area contributed by atoms with Crippen LogP contribution in [-0.2, 0) is 7.05 Å². The van der Waals surface area contributed by atoms with Crippen molar-refractivity contribution in [3.63, 3.8) is 0 Å². The van der Waals surface area contributed by atoms with Gasteiger partial charge >= 0.3 is 0 Å². The number of furan rings is 1. The zero-order chi connectivity index (χ0) is 26.2. The first kappa shape index (κ1) is 22.8. The first-order valence-corrected chi connectivity index (χ1v) is 12.7. The maximum Gasteiger partial charge on any atom is 0.145 e. The standard InChI is InChI=1S/C33H24N4O2/c1-36-19-17-30(35-36)29-22-26(21-28-27-14-5-6-15-31(27)39-33(28)29)38-25-13-9-12-24(20-25)37(23-10-3-2-4-11-23)32-16-7-8-18-34-32/h2-22H,1H3. The first-order valence-electron chi connectivity index (χ1n) is 12.7. The molecule has 0 saturated heterocycles. The van der Waals surface area contributed by atoms with E-state index in [-0.39, 0.29) is 0 Å². The summed E-state index contributed by atoms with van der Waals surface area (Å²) in [4.78, 5) is 6.73. The maximum atomic E-state index is 6.51. The maximum absolute atomic E-state index is 6.51. The van der Waals surface area contributed by atoms with E-state index < -0.39 is 0 Å². The van der Waals surface area contributed by atoms with Gasteiger partial charge in [0.25, 0.3) is 0 Å². The molecule has 0 atom stereocenters. The molecule has 0 bridgehead atoms. The van der Waals surface area contributed by atoms with Crippen LogP contribution >= 0.6 is 0 Å². The molecule has 0 N–H and O–H groups in total. The summed E-state index contributed by atoms with van der Waals surface area (Å²) in [6, 6.07) is 38.2. The number of pyridine rings is 1. The van der Waals surface area contributed by atoms with E-state index in [4.69, 9.17) is 9.15 Å². The van der Waals surface area contributed by atoms with Crippen molar-refractivity contribution in [2.24, 2.45) is 7.05 Å². The lowest BCUT2D eigenvalue weighted by Gasteiger charge is -2.24. The predicted molar refractivity (Wildman–Crippen MR) is 155 cm³/mol. The van der Waals surface area contributed by atoms with E-state index in [0.29, 0.717) is 11.5 Å². The van der Waals surface area contributed by atoms with Crippen LogP contribution in [0.2, 0.25) is 0 Å². The molecule has 7 aromatic rings. The molecule has 0 radical (unpaired) electrons. The second kappa shape index (κ2) is 9.50. The van der Waals surface area contributed by atoms with Gasteiger partial charge in [-0.15, -0.1) is 0 Å². The van der Waals surface area contributed by atoms with Gasteiger partial charge in [-0.25, -0.2) is 4.98 Å². The minimum atomic E-state index is 0.705. The van der Waals surface area contributed by atoms with Crippen LogP contribution in [0.5, 0.6) is 11.5 Å². The third-order valence-electron chi connectivity index (χ3n) is 6.65. The highest BCUT2D eigenvalue weighted by atomic mass is 16.5. The number of rotatable bonds is 6. The lowest BCUT2D eigenvalue weighted by Crippen LogP contribution is -2.11. The molecule has 3 aromatic heterocycles. The van der Waals surface area contributed by atoms with E-state index in [9.17, 15) is 0 Å². The highest BCUT2D eigenvalue weighted by Crippen LogP contribution is 2.40. The quantitative estimate of drug-likeness (QED) is 0.225. The van der Waals surface area contributed by atoms with Crippen LogP contribution in [0, 0.1) is 0 Å². The number of anilines is 3. The molecule has 39 heavy (non-hydrogen) atoms. The van der Waals surface area contributed by atoms with Crippen molar-refractivity contribution >= 4 is 39.1 Å². The van der Waals surface area contributed by atoms with Crippen molar-refractivity contribution in [2.45, 2.75) is 0 Å². The summed E-state index contributed by atoms with van der Waals surface area (Å²) in [5.74, 6) is 2.24. The molecule has 3 heterocycles. The van der Waals surface area contributed by atoms with Crippen molar-refractivity contribution in [1.29, 1.82) is 0 Å². The Kier molecular flexibility index (Phi) is 5.56. The van der Waals surface area contributed by atoms with E-state index in [2.05, 4.69) is 39.2 Å². The Hall–Kier alpha value is -5.36. The zero-order valence-electron chi connectivity index (χ0n) is 21.2. The van der Waals surface area contributed by atoms with Crippen LogP contribution in [-0.4, -0.2) is 14.8 Å². The fraction of sp³-hybridized carbons (Fsp3) is 0.0303. The Bertz CT molecular complexity index is 1870. The monoisotopic (exact) mass is 508 g/mol. The van der Waals surface area contributed by atoms with E-state index in [1.807, 2.05) is 104 Å². The molecule has 6 nitrogen and oxygen atoms in total. The third-order valence-corrected chi connectivity index (χ3v) is 6.65. The third kappa shape index (κ3) is 4.28. The summed E-state index contributed by atoms with van der Waals surface area (Å²) in [5, 5.41) is 6.66. The fourth-order valence-corrected chi connectivity index (χ4v) is 4.91. The number of benzene rings is 4. The van der Waals surface area contributed by atoms with Crippen molar-refractivity contribution < 1.29 is 9.15 Å². The van der Waals surface area contributed by atoms with E-state index >= 15 is 0 Å². The van der Waals surface area contributed by atoms with Crippen LogP contribution < -0.4 is 9.64 Å². The summed E-state index contributed by atoms with van der Waals surface area (Å²) < 4.78 is 14.6. The molecule has 0 aliphatic heterocycles. The zero-order valence-corrected chi connectivity index (χ0v) is 21.2.